The van der Waals surface area contributed by atoms with E-state index in [2.05, 4.69) is 37.1 Å². The highest BCUT2D eigenvalue weighted by Gasteiger charge is 2.37. The summed E-state index contributed by atoms with van der Waals surface area (Å²) in [4.78, 5) is 62.4. The Balaban J connectivity index is 1.32. The Bertz CT molecular complexity index is 2070. The van der Waals surface area contributed by atoms with E-state index in [4.69, 9.17) is 0 Å². The number of aromatic nitrogens is 5. The molecule has 6 rings (SSSR count). The molecule has 49 heavy (non-hydrogen) atoms. The van der Waals surface area contributed by atoms with E-state index in [0.29, 0.717) is 59.6 Å². The molecule has 2 amide bonds. The smallest absolute Gasteiger partial charge is 0.362 e. The minimum Gasteiger partial charge on any atom is -0.362 e. The zero-order chi connectivity index (χ0) is 35.0. The van der Waals surface area contributed by atoms with Crippen molar-refractivity contribution in [2.75, 3.05) is 57.2 Å². The van der Waals surface area contributed by atoms with Crippen LogP contribution in [0.3, 0.4) is 0 Å². The molecule has 1 aliphatic heterocycles. The third kappa shape index (κ3) is 6.32. The van der Waals surface area contributed by atoms with Gasteiger partial charge >= 0.3 is 6.18 Å². The summed E-state index contributed by atoms with van der Waals surface area (Å²) >= 11 is 0. The standard InChI is InChI=1S/C32H36F3N11O3/c1-5-24-28(43-12-14-44(15-13-43)29(48)27-26-23(10-11-37-27)38-17-39-26)30(49)46(36-2)31(40-18-42(3)4)45(24)16-25(47)41-22-9-8-21(32(33,34)35)19-6-7-20(19)22/h8-11,17H,2,5-7,12-16,18H2,1,3-4H3,(H,38,39)(H,41,47)/b40-31-. The minimum absolute atomic E-state index is 0.0943. The van der Waals surface area contributed by atoms with Gasteiger partial charge in [-0.25, -0.2) is 15.0 Å². The lowest BCUT2D eigenvalue weighted by molar-refractivity contribution is -0.138. The monoisotopic (exact) mass is 679 g/mol. The van der Waals surface area contributed by atoms with E-state index in [1.807, 2.05) is 11.8 Å². The topological polar surface area (TPSA) is 149 Å². The molecule has 4 aromatic rings. The first-order chi connectivity index (χ1) is 23.4. The van der Waals surface area contributed by atoms with Gasteiger partial charge in [-0.1, -0.05) is 6.92 Å². The van der Waals surface area contributed by atoms with E-state index in [9.17, 15) is 27.6 Å². The first-order valence-corrected chi connectivity index (χ1v) is 15.8. The lowest BCUT2D eigenvalue weighted by Gasteiger charge is -2.37. The number of fused-ring (bicyclic) bond motifs is 2. The molecule has 0 unspecified atom stereocenters. The summed E-state index contributed by atoms with van der Waals surface area (Å²) in [6.07, 6.45) is -0.396. The number of carbonyl (C=O) groups excluding carboxylic acids is 2. The molecule has 2 N–H and O–H groups in total. The van der Waals surface area contributed by atoms with E-state index >= 15 is 0 Å². The number of pyridine rings is 1. The number of hydrogen-bond donors (Lipinski definition) is 2. The van der Waals surface area contributed by atoms with Crippen molar-refractivity contribution in [3.8, 4) is 0 Å². The van der Waals surface area contributed by atoms with Crippen LogP contribution in [0, 0.1) is 0 Å². The molecule has 14 nitrogen and oxygen atoms in total. The molecule has 1 fully saturated rings. The van der Waals surface area contributed by atoms with Crippen LogP contribution in [0.5, 0.6) is 0 Å². The number of halogens is 3. The van der Waals surface area contributed by atoms with Gasteiger partial charge in [0.2, 0.25) is 11.5 Å². The average Bonchev–Trinajstić information content (AvgIpc) is 3.53. The largest absolute Gasteiger partial charge is 0.416 e. The maximum absolute atomic E-state index is 14.0. The molecule has 258 valence electrons. The molecule has 1 aliphatic carbocycles. The Morgan fingerprint density at radius 3 is 2.45 bits per heavy atom. The zero-order valence-corrected chi connectivity index (χ0v) is 27.3. The molecule has 0 atom stereocenters. The molecule has 4 heterocycles. The number of carbonyl (C=O) groups is 2. The highest BCUT2D eigenvalue weighted by Crippen LogP contribution is 2.41. The Morgan fingerprint density at radius 2 is 1.82 bits per heavy atom. The van der Waals surface area contributed by atoms with Gasteiger partial charge in [-0.05, 0) is 62.7 Å². The summed E-state index contributed by atoms with van der Waals surface area (Å²) in [6, 6.07) is 4.01. The molecule has 0 saturated carbocycles. The second kappa shape index (κ2) is 13.3. The Morgan fingerprint density at radius 1 is 1.08 bits per heavy atom. The molecule has 1 saturated heterocycles. The quantitative estimate of drug-likeness (QED) is 0.258. The Labute approximate surface area is 278 Å². The summed E-state index contributed by atoms with van der Waals surface area (Å²) in [5.41, 5.74) is 2.12. The summed E-state index contributed by atoms with van der Waals surface area (Å²) < 4.78 is 43.2. The van der Waals surface area contributed by atoms with E-state index in [1.165, 1.54) is 12.4 Å². The maximum atomic E-state index is 14.0. The fourth-order valence-electron chi connectivity index (χ4n) is 6.36. The molecule has 0 bridgehead atoms. The molecule has 0 radical (unpaired) electrons. The number of rotatable bonds is 9. The predicted molar refractivity (Wildman–Crippen MR) is 177 cm³/mol. The molecule has 2 aliphatic rings. The van der Waals surface area contributed by atoms with Crippen molar-refractivity contribution in [2.45, 2.75) is 38.9 Å². The van der Waals surface area contributed by atoms with Crippen LogP contribution in [0.25, 0.3) is 11.0 Å². The number of alkyl halides is 3. The number of anilines is 2. The number of H-pyrrole nitrogens is 1. The fourth-order valence-corrected chi connectivity index (χ4v) is 6.36. The molecule has 3 aromatic heterocycles. The van der Waals surface area contributed by atoms with Crippen LogP contribution >= 0.6 is 0 Å². The van der Waals surface area contributed by atoms with Crippen molar-refractivity contribution in [1.82, 2.24) is 34.0 Å². The highest BCUT2D eigenvalue weighted by atomic mass is 19.4. The maximum Gasteiger partial charge on any atom is 0.416 e. The van der Waals surface area contributed by atoms with Gasteiger partial charge in [0.25, 0.3) is 11.5 Å². The lowest BCUT2D eigenvalue weighted by Crippen LogP contribution is -2.53. The number of piperazine rings is 1. The number of nitrogens with zero attached hydrogens (tertiary/aromatic N) is 9. The molecular formula is C32H36F3N11O3. The van der Waals surface area contributed by atoms with Crippen LogP contribution in [0.2, 0.25) is 0 Å². The highest BCUT2D eigenvalue weighted by molar-refractivity contribution is 6.02. The predicted octanol–water partition coefficient (Wildman–Crippen LogP) is 2.09. The van der Waals surface area contributed by atoms with E-state index in [-0.39, 0.29) is 55.5 Å². The molecule has 0 spiro atoms. The third-order valence-corrected chi connectivity index (χ3v) is 8.76. The van der Waals surface area contributed by atoms with E-state index in [1.54, 1.807) is 40.7 Å². The average molecular weight is 680 g/mol. The van der Waals surface area contributed by atoms with Crippen LogP contribution < -0.4 is 21.4 Å². The van der Waals surface area contributed by atoms with Gasteiger partial charge in [0.05, 0.1) is 29.8 Å². The summed E-state index contributed by atoms with van der Waals surface area (Å²) in [5.74, 6) is -0.785. The molecular weight excluding hydrogens is 643 g/mol. The van der Waals surface area contributed by atoms with Crippen molar-refractivity contribution in [3.63, 3.8) is 0 Å². The Kier molecular flexibility index (Phi) is 9.11. The van der Waals surface area contributed by atoms with Crippen molar-refractivity contribution in [2.24, 2.45) is 10.1 Å². The molecule has 17 heteroatoms. The normalized spacial score (nSPS) is 15.0. The van der Waals surface area contributed by atoms with Gasteiger partial charge in [0.1, 0.15) is 17.7 Å². The van der Waals surface area contributed by atoms with E-state index in [0.717, 1.165) is 10.7 Å². The van der Waals surface area contributed by atoms with E-state index < -0.39 is 23.2 Å². The number of nitrogens with one attached hydrogen (secondary N) is 2. The third-order valence-electron chi connectivity index (χ3n) is 8.76. The SMILES string of the molecule is C=Nn1c(=O)c(N2CCN(C(=O)c3nccc4[nH]cnc34)CC2)c(CC)n(CC(=O)Nc2ccc(C(F)(F)F)c3c2CC3)/c1=N/CN(C)C. The van der Waals surface area contributed by atoms with Gasteiger partial charge < -0.3 is 24.7 Å². The van der Waals surface area contributed by atoms with Gasteiger partial charge in [-0.15, -0.1) is 0 Å². The number of amides is 2. The number of benzene rings is 1. The van der Waals surface area contributed by atoms with Crippen molar-refractivity contribution < 1.29 is 22.8 Å². The van der Waals surface area contributed by atoms with Crippen molar-refractivity contribution in [1.29, 1.82) is 0 Å². The van der Waals surface area contributed by atoms with Gasteiger partial charge in [0, 0.05) is 44.8 Å². The summed E-state index contributed by atoms with van der Waals surface area (Å²) in [7, 11) is 3.59. The van der Waals surface area contributed by atoms with Crippen LogP contribution in [0.15, 0.2) is 45.6 Å². The van der Waals surface area contributed by atoms with Gasteiger partial charge in [-0.2, -0.15) is 22.9 Å². The van der Waals surface area contributed by atoms with Gasteiger partial charge in [-0.3, -0.25) is 19.3 Å². The Hall–Kier alpha value is -5.32. The first-order valence-electron chi connectivity index (χ1n) is 15.8. The minimum atomic E-state index is -4.48. The number of hydrogen-bond acceptors (Lipinski definition) is 9. The van der Waals surface area contributed by atoms with Crippen LogP contribution in [-0.2, 0) is 36.8 Å². The lowest BCUT2D eigenvalue weighted by atomic mass is 9.83. The molecule has 1 aromatic carbocycles. The zero-order valence-electron chi connectivity index (χ0n) is 27.3. The van der Waals surface area contributed by atoms with Crippen LogP contribution in [-0.4, -0.2) is 99.5 Å². The number of imidazole rings is 1. The van der Waals surface area contributed by atoms with Crippen LogP contribution in [0.1, 0.15) is 39.8 Å². The fraction of sp³-hybridized carbons (Fsp3) is 0.406. The number of aromatic amines is 1. The van der Waals surface area contributed by atoms with Crippen molar-refractivity contribution >= 4 is 40.9 Å². The second-order valence-corrected chi connectivity index (χ2v) is 12.1. The first kappa shape index (κ1) is 33.6. The summed E-state index contributed by atoms with van der Waals surface area (Å²) in [5, 5.41) is 6.76. The summed E-state index contributed by atoms with van der Waals surface area (Å²) in [6.45, 7) is 6.51. The van der Waals surface area contributed by atoms with Crippen molar-refractivity contribution in [3.05, 3.63) is 74.8 Å². The second-order valence-electron chi connectivity index (χ2n) is 12.1. The van der Waals surface area contributed by atoms with Gasteiger partial charge in [0.15, 0.2) is 5.69 Å². The van der Waals surface area contributed by atoms with Crippen LogP contribution in [0.4, 0.5) is 24.5 Å².